The van der Waals surface area contributed by atoms with Crippen LogP contribution in [0.5, 0.6) is 5.75 Å². The Kier molecular flexibility index (Phi) is 20.1. The van der Waals surface area contributed by atoms with Crippen LogP contribution in [0.4, 0.5) is 0 Å². The fourth-order valence-corrected chi connectivity index (χ4v) is 6.50. The van der Waals surface area contributed by atoms with Gasteiger partial charge in [0.1, 0.15) is 36.0 Å². The molecule has 332 valence electrons. The van der Waals surface area contributed by atoms with Gasteiger partial charge >= 0.3 is 0 Å². The summed E-state index contributed by atoms with van der Waals surface area (Å²) < 4.78 is 0. The number of phenolic OH excluding ortho intramolecular Hbond substituents is 1. The number of phenols is 1. The van der Waals surface area contributed by atoms with E-state index in [0.29, 0.717) is 49.9 Å². The molecule has 0 aliphatic rings. The van der Waals surface area contributed by atoms with Gasteiger partial charge in [0.25, 0.3) is 0 Å². The van der Waals surface area contributed by atoms with E-state index in [2.05, 4.69) is 36.9 Å². The highest BCUT2D eigenvalue weighted by molar-refractivity contribution is 5.96. The number of hydrogen-bond acceptors (Lipinski definition) is 11. The van der Waals surface area contributed by atoms with Crippen LogP contribution in [-0.2, 0) is 51.2 Å². The van der Waals surface area contributed by atoms with Crippen molar-refractivity contribution in [1.29, 1.82) is 0 Å². The largest absolute Gasteiger partial charge is 0.508 e. The molecule has 1 heterocycles. The number of carbonyl (C=O) groups is 8. The SMILES string of the molecule is CC(=O)N[C@@H](CCCCN)C(=O)N[C@@H](Cc1ccc(O)cc1)C(=O)NCC(=O)N[C@@H](Cc1c[nH]c2ccccc12)C(=O)N[C@@H](CCCCN)C(=O)N[C@@H](CCC(N)=O)C(N)=O. The van der Waals surface area contributed by atoms with Crippen molar-refractivity contribution in [2.45, 2.75) is 101 Å². The summed E-state index contributed by atoms with van der Waals surface area (Å²) in [6, 6.07) is 7.28. The van der Waals surface area contributed by atoms with Crippen LogP contribution in [-0.4, -0.2) is 107 Å². The lowest BCUT2D eigenvalue weighted by Gasteiger charge is -2.25. The van der Waals surface area contributed by atoms with E-state index in [1.807, 2.05) is 18.2 Å². The molecule has 0 unspecified atom stereocenters. The van der Waals surface area contributed by atoms with Crippen LogP contribution >= 0.6 is 0 Å². The summed E-state index contributed by atoms with van der Waals surface area (Å²) in [4.78, 5) is 107. The Morgan fingerprint density at radius 2 is 1.20 bits per heavy atom. The van der Waals surface area contributed by atoms with Crippen LogP contribution in [0.15, 0.2) is 54.7 Å². The predicted octanol–water partition coefficient (Wildman–Crippen LogP) is -1.77. The molecule has 0 radical (unpaired) electrons. The van der Waals surface area contributed by atoms with Crippen molar-refractivity contribution in [1.82, 2.24) is 36.9 Å². The normalized spacial score (nSPS) is 13.4. The van der Waals surface area contributed by atoms with Crippen LogP contribution in [0, 0.1) is 0 Å². The number of benzene rings is 2. The first-order chi connectivity index (χ1) is 29.1. The number of amides is 8. The maximum atomic E-state index is 14.1. The average molecular weight is 850 g/mol. The Morgan fingerprint density at radius 3 is 1.79 bits per heavy atom. The Morgan fingerprint density at radius 1 is 0.639 bits per heavy atom. The molecule has 1 aromatic heterocycles. The molecule has 20 nitrogen and oxygen atoms in total. The van der Waals surface area contributed by atoms with E-state index in [0.717, 1.165) is 10.9 Å². The van der Waals surface area contributed by atoms with Crippen LogP contribution in [0.2, 0.25) is 0 Å². The average Bonchev–Trinajstić information content (AvgIpc) is 3.63. The lowest BCUT2D eigenvalue weighted by Crippen LogP contribution is -2.58. The van der Waals surface area contributed by atoms with Crippen LogP contribution in [0.1, 0.15) is 69.4 Å². The Balaban J connectivity index is 1.84. The Hall–Kier alpha value is -6.54. The minimum absolute atomic E-state index is 0.0140. The van der Waals surface area contributed by atoms with Gasteiger partial charge in [-0.15, -0.1) is 0 Å². The summed E-state index contributed by atoms with van der Waals surface area (Å²) >= 11 is 0. The van der Waals surface area contributed by atoms with E-state index in [1.54, 1.807) is 24.4 Å². The topological polar surface area (TPSA) is 349 Å². The summed E-state index contributed by atoms with van der Waals surface area (Å²) in [7, 11) is 0. The van der Waals surface area contributed by atoms with Crippen LogP contribution in [0.25, 0.3) is 10.9 Å². The van der Waals surface area contributed by atoms with Gasteiger partial charge in [0, 0.05) is 43.3 Å². The van der Waals surface area contributed by atoms with Crippen molar-refractivity contribution in [2.75, 3.05) is 19.6 Å². The molecule has 0 saturated carbocycles. The van der Waals surface area contributed by atoms with Crippen molar-refractivity contribution in [3.63, 3.8) is 0 Å². The van der Waals surface area contributed by atoms with Crippen LogP contribution in [0.3, 0.4) is 0 Å². The van der Waals surface area contributed by atoms with Gasteiger partial charge in [-0.3, -0.25) is 38.4 Å². The second-order valence-electron chi connectivity index (χ2n) is 14.7. The fourth-order valence-electron chi connectivity index (χ4n) is 6.50. The number of nitrogens with two attached hydrogens (primary N) is 4. The number of para-hydroxylation sites is 1. The van der Waals surface area contributed by atoms with Gasteiger partial charge in [-0.25, -0.2) is 0 Å². The number of rotatable bonds is 27. The lowest BCUT2D eigenvalue weighted by atomic mass is 10.0. The highest BCUT2D eigenvalue weighted by atomic mass is 16.3. The van der Waals surface area contributed by atoms with Gasteiger partial charge in [0.2, 0.25) is 47.3 Å². The number of aromatic nitrogens is 1. The van der Waals surface area contributed by atoms with Crippen molar-refractivity contribution in [2.24, 2.45) is 22.9 Å². The van der Waals surface area contributed by atoms with Gasteiger partial charge in [0.15, 0.2) is 0 Å². The van der Waals surface area contributed by atoms with Crippen molar-refractivity contribution in [3.8, 4) is 5.75 Å². The number of aromatic amines is 1. The molecule has 5 atom stereocenters. The standard InChI is InChI=1S/C41H59N11O9/c1-24(53)48-31(10-4-6-18-42)39(59)52-33(20-25-12-14-27(54)15-13-25)38(58)47-23-36(56)49-34(21-26-22-46-29-9-3-2-8-28(26)29)41(61)51-32(11-5-7-19-43)40(60)50-30(37(45)57)16-17-35(44)55/h2-3,8-9,12-15,22,30-34,46,54H,4-7,10-11,16-21,23,42-43H2,1H3,(H2,44,55)(H2,45,57)(H,47,58)(H,48,53)(H,49,56)(H,50,60)(H,51,61)(H,52,59)/t30-,31-,32-,33-,34-/m0/s1. The molecule has 0 saturated heterocycles. The Bertz CT molecular complexity index is 1970. The molecule has 2 aromatic carbocycles. The van der Waals surface area contributed by atoms with E-state index < -0.39 is 84.0 Å². The summed E-state index contributed by atoms with van der Waals surface area (Å²) in [5.74, 6) is -5.78. The maximum Gasteiger partial charge on any atom is 0.243 e. The number of aromatic hydroxyl groups is 1. The molecule has 3 rings (SSSR count). The van der Waals surface area contributed by atoms with Crippen molar-refractivity contribution < 1.29 is 43.5 Å². The van der Waals surface area contributed by atoms with Gasteiger partial charge in [-0.2, -0.15) is 0 Å². The summed E-state index contributed by atoms with van der Waals surface area (Å²) in [5, 5.41) is 26.2. The summed E-state index contributed by atoms with van der Waals surface area (Å²) in [5.41, 5.74) is 24.0. The van der Waals surface area contributed by atoms with Crippen molar-refractivity contribution in [3.05, 3.63) is 65.9 Å². The molecule has 0 fully saturated rings. The molecule has 16 N–H and O–H groups in total. The zero-order chi connectivity index (χ0) is 44.9. The van der Waals surface area contributed by atoms with Gasteiger partial charge in [-0.05, 0) is 87.4 Å². The second-order valence-corrected chi connectivity index (χ2v) is 14.7. The molecule has 8 amide bonds. The van der Waals surface area contributed by atoms with E-state index >= 15 is 0 Å². The van der Waals surface area contributed by atoms with E-state index in [1.165, 1.54) is 19.1 Å². The molecule has 3 aromatic rings. The third-order valence-electron chi connectivity index (χ3n) is 9.74. The number of primary amides is 2. The van der Waals surface area contributed by atoms with Gasteiger partial charge < -0.3 is 64.9 Å². The van der Waals surface area contributed by atoms with Gasteiger partial charge in [-0.1, -0.05) is 30.3 Å². The maximum absolute atomic E-state index is 14.1. The number of nitrogens with one attached hydrogen (secondary N) is 7. The monoisotopic (exact) mass is 849 g/mol. The zero-order valence-corrected chi connectivity index (χ0v) is 34.3. The fraction of sp³-hybridized carbons (Fsp3) is 0.463. The molecule has 61 heavy (non-hydrogen) atoms. The van der Waals surface area contributed by atoms with Crippen molar-refractivity contribution >= 4 is 58.2 Å². The zero-order valence-electron chi connectivity index (χ0n) is 34.3. The molecule has 20 heteroatoms. The number of H-pyrrole nitrogens is 1. The number of carbonyl (C=O) groups excluding carboxylic acids is 8. The lowest BCUT2D eigenvalue weighted by molar-refractivity contribution is -0.134. The third kappa shape index (κ3) is 16.9. The number of unbranched alkanes of at least 4 members (excludes halogenated alkanes) is 2. The number of hydrogen-bond donors (Lipinski definition) is 12. The molecular formula is C41H59N11O9. The Labute approximate surface area is 353 Å². The molecule has 0 aliphatic heterocycles. The summed E-state index contributed by atoms with van der Waals surface area (Å²) in [6.45, 7) is 1.32. The highest BCUT2D eigenvalue weighted by Gasteiger charge is 2.31. The smallest absolute Gasteiger partial charge is 0.243 e. The number of fused-ring (bicyclic) bond motifs is 1. The summed E-state index contributed by atoms with van der Waals surface area (Å²) in [6.07, 6.45) is 3.60. The first-order valence-corrected chi connectivity index (χ1v) is 20.2. The van der Waals surface area contributed by atoms with Gasteiger partial charge in [0.05, 0.1) is 6.54 Å². The second kappa shape index (κ2) is 25.2. The van der Waals surface area contributed by atoms with Crippen LogP contribution < -0.4 is 54.8 Å². The first kappa shape index (κ1) is 48.8. The quantitative estimate of drug-likeness (QED) is 0.0381. The van der Waals surface area contributed by atoms with E-state index in [-0.39, 0.29) is 44.3 Å². The first-order valence-electron chi connectivity index (χ1n) is 20.2. The molecule has 0 bridgehead atoms. The predicted molar refractivity (Wildman–Crippen MR) is 226 cm³/mol. The minimum Gasteiger partial charge on any atom is -0.508 e. The molecular weight excluding hydrogens is 791 g/mol. The highest BCUT2D eigenvalue weighted by Crippen LogP contribution is 2.20. The van der Waals surface area contributed by atoms with E-state index in [9.17, 15) is 43.5 Å². The van der Waals surface area contributed by atoms with E-state index in [4.69, 9.17) is 22.9 Å². The minimum atomic E-state index is -1.30. The third-order valence-corrected chi connectivity index (χ3v) is 9.74. The molecule has 0 aliphatic carbocycles. The molecule has 0 spiro atoms.